The molecule has 2 aliphatic heterocycles. The van der Waals surface area contributed by atoms with Crippen LogP contribution in [0.4, 0.5) is 4.79 Å². The molecule has 18 heteroatoms. The summed E-state index contributed by atoms with van der Waals surface area (Å²) in [5, 5.41) is 7.57. The lowest BCUT2D eigenvalue weighted by molar-refractivity contribution is -0.141. The number of aromatic nitrogens is 3. The van der Waals surface area contributed by atoms with Gasteiger partial charge in [-0.1, -0.05) is 54.8 Å². The Morgan fingerprint density at radius 3 is 2.52 bits per heavy atom. The van der Waals surface area contributed by atoms with E-state index in [1.54, 1.807) is 20.8 Å². The van der Waals surface area contributed by atoms with E-state index in [4.69, 9.17) is 31.0 Å². The minimum atomic E-state index is -4.41. The first-order chi connectivity index (χ1) is 27.6. The molecule has 15 nitrogen and oxygen atoms in total. The maximum atomic E-state index is 14.6. The van der Waals surface area contributed by atoms with Gasteiger partial charge in [0.15, 0.2) is 0 Å². The Hall–Kier alpha value is -5.13. The number of hydrogen-bond acceptors (Lipinski definition) is 12. The van der Waals surface area contributed by atoms with Crippen LogP contribution < -0.4 is 20.1 Å². The number of pyridine rings is 1. The number of carbonyl (C=O) groups excluding carboxylic acids is 4. The molecule has 5 heterocycles. The van der Waals surface area contributed by atoms with Crippen molar-refractivity contribution in [1.82, 2.24) is 35.2 Å². The van der Waals surface area contributed by atoms with Crippen molar-refractivity contribution in [1.29, 1.82) is 0 Å². The highest BCUT2D eigenvalue weighted by Gasteiger charge is 2.61. The van der Waals surface area contributed by atoms with Crippen molar-refractivity contribution in [2.75, 3.05) is 6.54 Å². The number of thiophene rings is 1. The Balaban J connectivity index is 1.22. The molecule has 58 heavy (non-hydrogen) atoms. The number of carbonyl (C=O) groups is 4. The molecule has 1 saturated heterocycles. The van der Waals surface area contributed by atoms with Gasteiger partial charge in [0.25, 0.3) is 15.9 Å². The topological polar surface area (TPSA) is 199 Å². The highest BCUT2D eigenvalue weighted by Crippen LogP contribution is 2.46. The molecule has 7 rings (SSSR count). The highest BCUT2D eigenvalue weighted by molar-refractivity contribution is 7.90. The van der Waals surface area contributed by atoms with E-state index in [0.29, 0.717) is 29.6 Å². The van der Waals surface area contributed by atoms with E-state index in [2.05, 4.69) is 20.3 Å². The molecular formula is C40H44ClN7O8S2. The lowest BCUT2D eigenvalue weighted by Crippen LogP contribution is -2.58. The second kappa shape index (κ2) is 16.6. The molecule has 1 aliphatic carbocycles. The molecule has 3 N–H and O–H groups in total. The molecule has 3 aromatic heterocycles. The number of benzene rings is 1. The van der Waals surface area contributed by atoms with Crippen LogP contribution in [0.1, 0.15) is 65.7 Å². The molecule has 5 atom stereocenters. The second-order valence-electron chi connectivity index (χ2n) is 15.6. The van der Waals surface area contributed by atoms with Crippen LogP contribution in [0, 0.1) is 5.92 Å². The number of para-hydroxylation sites is 2. The standard InChI is InChI=1S/C40H44ClN7O8S2/c1-39(2,3)56-38(52)45-29-15-8-6-4-5-7-12-24-21-40(24,37(51)47-58(53,54)26-17-18-32(41)42-22-26)46-34(49)30-20-25(23-48(30)36(29)50)55-35-33(31-16-11-19-57-31)43-27-13-9-10-14-28(27)44-35/h7,9-14,16-19,22,24-25,29-30H,4-6,8,15,20-21,23H2,1-3H3,(H,45,52)(H,46,49)(H,47,51)/b12-7-/t24?,25-,29+,30+,40-/m1/s1. The first-order valence-electron chi connectivity index (χ1n) is 19.1. The molecule has 4 amide bonds. The van der Waals surface area contributed by atoms with Gasteiger partial charge in [-0.05, 0) is 82.2 Å². The summed E-state index contributed by atoms with van der Waals surface area (Å²) in [5.74, 6) is -2.47. The first-order valence-corrected chi connectivity index (χ1v) is 21.8. The number of ether oxygens (including phenoxy) is 2. The van der Waals surface area contributed by atoms with Crippen LogP contribution in [-0.2, 0) is 29.1 Å². The molecule has 0 radical (unpaired) electrons. The van der Waals surface area contributed by atoms with Gasteiger partial charge in [-0.3, -0.25) is 14.4 Å². The molecule has 1 aromatic carbocycles. The van der Waals surface area contributed by atoms with Gasteiger partial charge in [0.1, 0.15) is 45.1 Å². The zero-order chi connectivity index (χ0) is 41.2. The van der Waals surface area contributed by atoms with Crippen molar-refractivity contribution in [2.45, 2.75) is 99.9 Å². The van der Waals surface area contributed by atoms with Crippen LogP contribution in [0.15, 0.2) is 77.2 Å². The van der Waals surface area contributed by atoms with E-state index in [-0.39, 0.29) is 41.7 Å². The van der Waals surface area contributed by atoms with Gasteiger partial charge in [-0.2, -0.15) is 0 Å². The minimum absolute atomic E-state index is 0.0118. The van der Waals surface area contributed by atoms with E-state index >= 15 is 0 Å². The van der Waals surface area contributed by atoms with Gasteiger partial charge < -0.3 is 25.0 Å². The van der Waals surface area contributed by atoms with Crippen LogP contribution in [-0.4, -0.2) is 88.0 Å². The molecule has 3 aliphatic rings. The van der Waals surface area contributed by atoms with Crippen LogP contribution in [0.3, 0.4) is 0 Å². The lowest BCUT2D eigenvalue weighted by atomic mass is 10.0. The summed E-state index contributed by atoms with van der Waals surface area (Å²) in [6.45, 7) is 5.09. The number of fused-ring (bicyclic) bond motifs is 3. The Bertz CT molecular complexity index is 2340. The predicted octanol–water partition coefficient (Wildman–Crippen LogP) is 5.55. The fourth-order valence-corrected chi connectivity index (χ4v) is 9.01. The summed E-state index contributed by atoms with van der Waals surface area (Å²) in [7, 11) is -4.41. The largest absolute Gasteiger partial charge is 0.471 e. The van der Waals surface area contributed by atoms with Crippen LogP contribution >= 0.6 is 22.9 Å². The highest BCUT2D eigenvalue weighted by atomic mass is 35.5. The van der Waals surface area contributed by atoms with Crippen molar-refractivity contribution >= 4 is 67.8 Å². The second-order valence-corrected chi connectivity index (χ2v) is 18.6. The van der Waals surface area contributed by atoms with Crippen molar-refractivity contribution in [3.63, 3.8) is 0 Å². The number of sulfonamides is 1. The molecular weight excluding hydrogens is 806 g/mol. The number of alkyl carbamates (subject to hydrolysis) is 1. The summed E-state index contributed by atoms with van der Waals surface area (Å²) in [6, 6.07) is 11.4. The maximum absolute atomic E-state index is 14.6. The number of nitrogens with zero attached hydrogens (tertiary/aromatic N) is 4. The zero-order valence-corrected chi connectivity index (χ0v) is 34.5. The van der Waals surface area contributed by atoms with Gasteiger partial charge in [0.2, 0.25) is 17.7 Å². The van der Waals surface area contributed by atoms with Crippen LogP contribution in [0.2, 0.25) is 5.15 Å². The third-order valence-corrected chi connectivity index (χ3v) is 12.6. The zero-order valence-electron chi connectivity index (χ0n) is 32.1. The third-order valence-electron chi connectivity index (χ3n) is 10.1. The Morgan fingerprint density at radius 2 is 1.81 bits per heavy atom. The van der Waals surface area contributed by atoms with E-state index in [0.717, 1.165) is 23.9 Å². The van der Waals surface area contributed by atoms with Crippen molar-refractivity contribution in [3.8, 4) is 16.5 Å². The predicted molar refractivity (Wildman–Crippen MR) is 216 cm³/mol. The van der Waals surface area contributed by atoms with Gasteiger partial charge in [-0.15, -0.1) is 11.3 Å². The molecule has 1 saturated carbocycles. The average Bonchev–Trinajstić information content (AvgIpc) is 3.46. The summed E-state index contributed by atoms with van der Waals surface area (Å²) >= 11 is 7.32. The normalized spacial score (nSPS) is 24.7. The lowest BCUT2D eigenvalue weighted by Gasteiger charge is -2.30. The van der Waals surface area contributed by atoms with Crippen LogP contribution in [0.5, 0.6) is 5.88 Å². The summed E-state index contributed by atoms with van der Waals surface area (Å²) in [4.78, 5) is 71.6. The van der Waals surface area contributed by atoms with Gasteiger partial charge in [-0.25, -0.2) is 32.9 Å². The molecule has 0 spiro atoms. The molecule has 306 valence electrons. The summed E-state index contributed by atoms with van der Waals surface area (Å²) < 4.78 is 40.8. The van der Waals surface area contributed by atoms with Gasteiger partial charge >= 0.3 is 6.09 Å². The van der Waals surface area contributed by atoms with Crippen LogP contribution in [0.25, 0.3) is 21.6 Å². The number of hydrogen-bond donors (Lipinski definition) is 3. The third kappa shape index (κ3) is 9.26. The van der Waals surface area contributed by atoms with E-state index in [9.17, 15) is 27.6 Å². The van der Waals surface area contributed by atoms with E-state index in [1.165, 1.54) is 28.4 Å². The molecule has 4 aromatic rings. The Kier molecular flexibility index (Phi) is 11.8. The van der Waals surface area contributed by atoms with Crippen molar-refractivity contribution < 1.29 is 37.1 Å². The van der Waals surface area contributed by atoms with Crippen molar-refractivity contribution in [2.24, 2.45) is 5.92 Å². The summed E-state index contributed by atoms with van der Waals surface area (Å²) in [5.41, 5.74) is -0.722. The summed E-state index contributed by atoms with van der Waals surface area (Å²) in [6.07, 6.45) is 6.32. The Labute approximate surface area is 345 Å². The fraction of sp³-hybridized carbons (Fsp3) is 0.425. The number of halogens is 1. The first kappa shape index (κ1) is 41.0. The molecule has 2 fully saturated rings. The number of allylic oxidation sites excluding steroid dienone is 1. The SMILES string of the molecule is CC(C)(C)OC(=O)N[C@H]1CCCCC/C=C\C2C[C@@]2(C(=O)NS(=O)(=O)c2ccc(Cl)nc2)NC(=O)[C@@H]2C[C@@H](Oc3nc4ccccc4nc3-c3cccs3)CN2C1=O. The quantitative estimate of drug-likeness (QED) is 0.156. The maximum Gasteiger partial charge on any atom is 0.408 e. The number of amides is 4. The molecule has 1 unspecified atom stereocenters. The van der Waals surface area contributed by atoms with Gasteiger partial charge in [0.05, 0.1) is 22.5 Å². The number of rotatable bonds is 7. The Morgan fingerprint density at radius 1 is 1.03 bits per heavy atom. The van der Waals surface area contributed by atoms with Crippen molar-refractivity contribution in [3.05, 3.63) is 77.4 Å². The molecule has 0 bridgehead atoms. The van der Waals surface area contributed by atoms with E-state index < -0.39 is 69.1 Å². The number of nitrogens with one attached hydrogen (secondary N) is 3. The minimum Gasteiger partial charge on any atom is -0.471 e. The smallest absolute Gasteiger partial charge is 0.408 e. The monoisotopic (exact) mass is 849 g/mol. The average molecular weight is 850 g/mol. The van der Waals surface area contributed by atoms with Gasteiger partial charge in [0, 0.05) is 18.5 Å². The van der Waals surface area contributed by atoms with E-state index in [1.807, 2.05) is 53.9 Å². The fourth-order valence-electron chi connectivity index (χ4n) is 7.21.